The molecular weight excluding hydrogens is 406 g/mol. The molecule has 29 heavy (non-hydrogen) atoms. The molecule has 5 nitrogen and oxygen atoms in total. The number of unbranched alkanes of at least 4 members (excludes halogenated alkanes) is 1. The molecule has 0 N–H and O–H groups in total. The molecule has 150 valence electrons. The molecule has 0 bridgehead atoms. The molecule has 1 fully saturated rings. The molecule has 1 aliphatic rings. The van der Waals surface area contributed by atoms with E-state index in [0.717, 1.165) is 18.4 Å². The van der Waals surface area contributed by atoms with E-state index in [1.54, 1.807) is 30.4 Å². The van der Waals surface area contributed by atoms with Gasteiger partial charge in [-0.15, -0.1) is 6.58 Å². The van der Waals surface area contributed by atoms with E-state index in [-0.39, 0.29) is 11.9 Å². The zero-order valence-corrected chi connectivity index (χ0v) is 17.7. The molecule has 1 aromatic carbocycles. The second kappa shape index (κ2) is 9.71. The highest BCUT2D eigenvalue weighted by Gasteiger charge is 2.31. The topological polar surface area (TPSA) is 59.8 Å². The first-order chi connectivity index (χ1) is 14.0. The first-order valence-electron chi connectivity index (χ1n) is 9.27. The summed E-state index contributed by atoms with van der Waals surface area (Å²) in [6.45, 7) is 6.51. The number of nitrogens with zero attached hydrogens (tertiary/aromatic N) is 1. The summed E-state index contributed by atoms with van der Waals surface area (Å²) >= 11 is 6.48. The Balaban J connectivity index is 1.70. The predicted octanol–water partition coefficient (Wildman–Crippen LogP) is 5.29. The zero-order chi connectivity index (χ0) is 20.8. The summed E-state index contributed by atoms with van der Waals surface area (Å²) in [6.07, 6.45) is 5.16. The highest BCUT2D eigenvalue weighted by atomic mass is 32.2. The molecule has 7 heteroatoms. The third-order valence-corrected chi connectivity index (χ3v) is 5.60. The molecule has 2 heterocycles. The highest BCUT2D eigenvalue weighted by Crippen LogP contribution is 2.33. The number of hydrogen-bond acceptors (Lipinski definition) is 6. The number of furan rings is 1. The number of ether oxygens (including phenoxy) is 1. The summed E-state index contributed by atoms with van der Waals surface area (Å²) in [6, 6.07) is 10.7. The standard InChI is InChI=1S/C22H21NO4S2/c1-3-5-13-26-21(25)16-8-6-15(7-9-16)18-11-10-17(27-18)14-19-20(24)23(12-4-2)22(28)29-19/h4,6-11,14H,2-3,5,12-13H2,1H3. The molecule has 0 unspecified atom stereocenters. The van der Waals surface area contributed by atoms with Gasteiger partial charge in [0.15, 0.2) is 0 Å². The first-order valence-corrected chi connectivity index (χ1v) is 10.5. The number of thioether (sulfide) groups is 1. The van der Waals surface area contributed by atoms with Crippen molar-refractivity contribution in [1.82, 2.24) is 4.90 Å². The van der Waals surface area contributed by atoms with Crippen molar-refractivity contribution < 1.29 is 18.7 Å². The number of hydrogen-bond donors (Lipinski definition) is 0. The van der Waals surface area contributed by atoms with Crippen LogP contribution in [0.2, 0.25) is 0 Å². The molecule has 0 aliphatic carbocycles. The Kier molecular flexibility index (Phi) is 7.06. The molecule has 3 rings (SSSR count). The Morgan fingerprint density at radius 2 is 2.03 bits per heavy atom. The monoisotopic (exact) mass is 427 g/mol. The zero-order valence-electron chi connectivity index (χ0n) is 16.1. The van der Waals surface area contributed by atoms with Crippen LogP contribution in [0.3, 0.4) is 0 Å². The summed E-state index contributed by atoms with van der Waals surface area (Å²) in [5.74, 6) is 0.723. The molecule has 0 radical (unpaired) electrons. The average Bonchev–Trinajstić information content (AvgIpc) is 3.29. The lowest BCUT2D eigenvalue weighted by molar-refractivity contribution is -0.121. The molecule has 1 aromatic heterocycles. The molecule has 1 amide bonds. The molecule has 1 aliphatic heterocycles. The smallest absolute Gasteiger partial charge is 0.338 e. The normalized spacial score (nSPS) is 15.2. The van der Waals surface area contributed by atoms with Crippen LogP contribution in [0, 0.1) is 0 Å². The van der Waals surface area contributed by atoms with Crippen LogP contribution in [0.5, 0.6) is 0 Å². The van der Waals surface area contributed by atoms with E-state index in [1.807, 2.05) is 25.1 Å². The van der Waals surface area contributed by atoms with Crippen LogP contribution in [-0.2, 0) is 9.53 Å². The van der Waals surface area contributed by atoms with Crippen molar-refractivity contribution in [2.75, 3.05) is 13.2 Å². The van der Waals surface area contributed by atoms with Crippen LogP contribution in [0.15, 0.2) is 58.4 Å². The van der Waals surface area contributed by atoms with E-state index in [4.69, 9.17) is 21.4 Å². The molecule has 0 spiro atoms. The minimum Gasteiger partial charge on any atom is -0.462 e. The van der Waals surface area contributed by atoms with Gasteiger partial charge in [0.1, 0.15) is 15.8 Å². The molecule has 1 saturated heterocycles. The fourth-order valence-corrected chi connectivity index (χ4v) is 3.92. The minimum atomic E-state index is -0.327. The van der Waals surface area contributed by atoms with Crippen LogP contribution < -0.4 is 0 Å². The fraction of sp³-hybridized carbons (Fsp3) is 0.227. The second-order valence-electron chi connectivity index (χ2n) is 6.35. The number of carbonyl (C=O) groups excluding carboxylic acids is 2. The Hall–Kier alpha value is -2.64. The number of esters is 1. The first kappa shape index (κ1) is 21.1. The maximum atomic E-state index is 12.4. The van der Waals surface area contributed by atoms with Crippen molar-refractivity contribution in [3.8, 4) is 11.3 Å². The van der Waals surface area contributed by atoms with Gasteiger partial charge in [-0.1, -0.05) is 55.5 Å². The largest absolute Gasteiger partial charge is 0.462 e. The van der Waals surface area contributed by atoms with Crippen LogP contribution in [0.1, 0.15) is 35.9 Å². The number of amides is 1. The Morgan fingerprint density at radius 3 is 2.72 bits per heavy atom. The van der Waals surface area contributed by atoms with E-state index >= 15 is 0 Å². The Labute approximate surface area is 179 Å². The van der Waals surface area contributed by atoms with Crippen molar-refractivity contribution in [2.45, 2.75) is 19.8 Å². The second-order valence-corrected chi connectivity index (χ2v) is 8.03. The lowest BCUT2D eigenvalue weighted by atomic mass is 10.1. The number of benzene rings is 1. The number of carbonyl (C=O) groups is 2. The van der Waals surface area contributed by atoms with Crippen LogP contribution in [0.4, 0.5) is 0 Å². The van der Waals surface area contributed by atoms with Gasteiger partial charge in [-0.05, 0) is 30.7 Å². The summed E-state index contributed by atoms with van der Waals surface area (Å²) in [5, 5.41) is 0. The lowest BCUT2D eigenvalue weighted by Crippen LogP contribution is -2.27. The van der Waals surface area contributed by atoms with Crippen molar-refractivity contribution in [1.29, 1.82) is 0 Å². The third kappa shape index (κ3) is 5.05. The van der Waals surface area contributed by atoms with Gasteiger partial charge >= 0.3 is 5.97 Å². The van der Waals surface area contributed by atoms with Crippen LogP contribution >= 0.6 is 24.0 Å². The van der Waals surface area contributed by atoms with Crippen LogP contribution in [0.25, 0.3) is 17.4 Å². The van der Waals surface area contributed by atoms with Gasteiger partial charge in [-0.3, -0.25) is 9.69 Å². The Bertz CT molecular complexity index is 959. The van der Waals surface area contributed by atoms with Crippen molar-refractivity contribution in [3.05, 3.63) is 65.3 Å². The van der Waals surface area contributed by atoms with Crippen LogP contribution in [-0.4, -0.2) is 34.2 Å². The van der Waals surface area contributed by atoms with Gasteiger partial charge in [0.05, 0.1) is 17.1 Å². The SMILES string of the molecule is C=CCN1C(=O)C(=Cc2ccc(-c3ccc(C(=O)OCCCC)cc3)o2)SC1=S. The summed E-state index contributed by atoms with van der Waals surface area (Å²) in [5.41, 5.74) is 1.33. The predicted molar refractivity (Wildman–Crippen MR) is 119 cm³/mol. The summed E-state index contributed by atoms with van der Waals surface area (Å²) in [7, 11) is 0. The van der Waals surface area contributed by atoms with E-state index in [0.29, 0.717) is 39.5 Å². The molecule has 0 saturated carbocycles. The quantitative estimate of drug-likeness (QED) is 0.188. The van der Waals surface area contributed by atoms with Gasteiger partial charge in [0.2, 0.25) is 0 Å². The lowest BCUT2D eigenvalue weighted by Gasteiger charge is -2.10. The summed E-state index contributed by atoms with van der Waals surface area (Å²) < 4.78 is 11.6. The van der Waals surface area contributed by atoms with E-state index in [9.17, 15) is 9.59 Å². The Morgan fingerprint density at radius 1 is 1.28 bits per heavy atom. The maximum Gasteiger partial charge on any atom is 0.338 e. The number of rotatable bonds is 8. The number of thiocarbonyl (C=S) groups is 1. The van der Waals surface area contributed by atoms with E-state index in [1.165, 1.54) is 16.7 Å². The van der Waals surface area contributed by atoms with Gasteiger partial charge in [0, 0.05) is 18.2 Å². The van der Waals surface area contributed by atoms with Crippen molar-refractivity contribution in [2.24, 2.45) is 0 Å². The summed E-state index contributed by atoms with van der Waals surface area (Å²) in [4.78, 5) is 26.4. The molecule has 0 atom stereocenters. The van der Waals surface area contributed by atoms with Gasteiger partial charge in [-0.25, -0.2) is 4.79 Å². The maximum absolute atomic E-state index is 12.4. The van der Waals surface area contributed by atoms with Crippen molar-refractivity contribution in [3.63, 3.8) is 0 Å². The molecular formula is C22H21NO4S2. The minimum absolute atomic E-state index is 0.149. The fourth-order valence-electron chi connectivity index (χ4n) is 2.66. The molecule has 2 aromatic rings. The van der Waals surface area contributed by atoms with Gasteiger partial charge in [-0.2, -0.15) is 0 Å². The van der Waals surface area contributed by atoms with Gasteiger partial charge in [0.25, 0.3) is 5.91 Å². The van der Waals surface area contributed by atoms with Crippen molar-refractivity contribution >= 4 is 46.3 Å². The highest BCUT2D eigenvalue weighted by molar-refractivity contribution is 8.26. The third-order valence-electron chi connectivity index (χ3n) is 4.22. The van der Waals surface area contributed by atoms with E-state index < -0.39 is 0 Å². The van der Waals surface area contributed by atoms with Gasteiger partial charge < -0.3 is 9.15 Å². The average molecular weight is 428 g/mol. The van der Waals surface area contributed by atoms with E-state index in [2.05, 4.69) is 6.58 Å².